The minimum atomic E-state index is -0.243. The van der Waals surface area contributed by atoms with E-state index in [1.54, 1.807) is 36.5 Å². The quantitative estimate of drug-likeness (QED) is 0.600. The van der Waals surface area contributed by atoms with Crippen LogP contribution in [0.3, 0.4) is 0 Å². The number of aromatic hydroxyl groups is 1. The first-order valence-corrected chi connectivity index (χ1v) is 9.11. The maximum absolute atomic E-state index is 12.8. The standard InChI is InChI=1S/C21H21N5O2/c22-21-16(6-3-9-24-21)20(28)17-7-2-8-19(25-17)26-11-10-23-18(13-26)14-4-1-5-15(27)12-14/h1-9,12,18,23,27H,10-11,13H2,(H2,22,24). The zero-order chi connectivity index (χ0) is 19.5. The number of pyridine rings is 2. The van der Waals surface area contributed by atoms with E-state index in [9.17, 15) is 9.90 Å². The predicted molar refractivity (Wildman–Crippen MR) is 107 cm³/mol. The van der Waals surface area contributed by atoms with E-state index in [1.807, 2.05) is 24.3 Å². The first kappa shape index (κ1) is 17.9. The molecule has 1 unspecified atom stereocenters. The van der Waals surface area contributed by atoms with Crippen LogP contribution in [0.5, 0.6) is 5.75 Å². The van der Waals surface area contributed by atoms with Crippen LogP contribution in [-0.4, -0.2) is 40.5 Å². The highest BCUT2D eigenvalue weighted by Gasteiger charge is 2.23. The van der Waals surface area contributed by atoms with Crippen molar-refractivity contribution in [2.75, 3.05) is 30.3 Å². The van der Waals surface area contributed by atoms with Crippen molar-refractivity contribution in [2.24, 2.45) is 0 Å². The third kappa shape index (κ3) is 3.65. The molecule has 1 saturated heterocycles. The highest BCUT2D eigenvalue weighted by Crippen LogP contribution is 2.24. The molecule has 0 radical (unpaired) electrons. The second-order valence-corrected chi connectivity index (χ2v) is 6.69. The molecule has 28 heavy (non-hydrogen) atoms. The molecule has 0 aliphatic carbocycles. The van der Waals surface area contributed by atoms with Gasteiger partial charge < -0.3 is 21.1 Å². The molecular formula is C21H21N5O2. The molecule has 7 heteroatoms. The average molecular weight is 375 g/mol. The Labute approximate surface area is 162 Å². The number of hydrogen-bond acceptors (Lipinski definition) is 7. The topological polar surface area (TPSA) is 104 Å². The molecule has 1 aromatic carbocycles. The van der Waals surface area contributed by atoms with E-state index >= 15 is 0 Å². The summed E-state index contributed by atoms with van der Waals surface area (Å²) < 4.78 is 0. The lowest BCUT2D eigenvalue weighted by Gasteiger charge is -2.35. The number of hydrogen-bond donors (Lipinski definition) is 3. The molecule has 142 valence electrons. The number of anilines is 2. The van der Waals surface area contributed by atoms with Crippen molar-refractivity contribution in [3.05, 3.63) is 77.6 Å². The maximum Gasteiger partial charge on any atom is 0.215 e. The number of carbonyl (C=O) groups excluding carboxylic acids is 1. The minimum Gasteiger partial charge on any atom is -0.508 e. The van der Waals surface area contributed by atoms with Crippen LogP contribution in [0.4, 0.5) is 11.6 Å². The number of phenolic OH excluding ortho intramolecular Hbond substituents is 1. The largest absolute Gasteiger partial charge is 0.508 e. The molecule has 0 bridgehead atoms. The monoisotopic (exact) mass is 375 g/mol. The fraction of sp³-hybridized carbons (Fsp3) is 0.190. The van der Waals surface area contributed by atoms with Gasteiger partial charge in [-0.2, -0.15) is 0 Å². The number of nitrogens with one attached hydrogen (secondary N) is 1. The lowest BCUT2D eigenvalue weighted by atomic mass is 10.0. The van der Waals surface area contributed by atoms with Crippen molar-refractivity contribution >= 4 is 17.4 Å². The van der Waals surface area contributed by atoms with Crippen LogP contribution in [0.15, 0.2) is 60.8 Å². The van der Waals surface area contributed by atoms with Gasteiger partial charge in [-0.05, 0) is 42.0 Å². The van der Waals surface area contributed by atoms with Crippen molar-refractivity contribution in [3.8, 4) is 5.75 Å². The Morgan fingerprint density at radius 3 is 2.86 bits per heavy atom. The van der Waals surface area contributed by atoms with E-state index in [0.29, 0.717) is 17.8 Å². The molecule has 1 fully saturated rings. The van der Waals surface area contributed by atoms with Crippen LogP contribution < -0.4 is 16.0 Å². The third-order valence-electron chi connectivity index (χ3n) is 4.82. The van der Waals surface area contributed by atoms with Crippen LogP contribution in [0.25, 0.3) is 0 Å². The number of carbonyl (C=O) groups is 1. The predicted octanol–water partition coefficient (Wildman–Crippen LogP) is 2.15. The van der Waals surface area contributed by atoms with Crippen LogP contribution in [-0.2, 0) is 0 Å². The summed E-state index contributed by atoms with van der Waals surface area (Å²) >= 11 is 0. The van der Waals surface area contributed by atoms with Crippen LogP contribution in [0, 0.1) is 0 Å². The lowest BCUT2D eigenvalue weighted by Crippen LogP contribution is -2.46. The smallest absolute Gasteiger partial charge is 0.215 e. The van der Waals surface area contributed by atoms with Gasteiger partial charge in [0.1, 0.15) is 23.1 Å². The van der Waals surface area contributed by atoms with Gasteiger partial charge in [-0.15, -0.1) is 0 Å². The second-order valence-electron chi connectivity index (χ2n) is 6.69. The van der Waals surface area contributed by atoms with Gasteiger partial charge in [-0.1, -0.05) is 18.2 Å². The van der Waals surface area contributed by atoms with E-state index in [1.165, 1.54) is 0 Å². The molecule has 1 aliphatic heterocycles. The SMILES string of the molecule is Nc1ncccc1C(=O)c1cccc(N2CCNC(c3cccc(O)c3)C2)n1. The van der Waals surface area contributed by atoms with Gasteiger partial charge in [0.05, 0.1) is 11.6 Å². The molecular weight excluding hydrogens is 354 g/mol. The average Bonchev–Trinajstić information content (AvgIpc) is 2.74. The van der Waals surface area contributed by atoms with Crippen LogP contribution in [0.1, 0.15) is 27.7 Å². The van der Waals surface area contributed by atoms with Gasteiger partial charge in [0.15, 0.2) is 0 Å². The van der Waals surface area contributed by atoms with Gasteiger partial charge in [-0.3, -0.25) is 4.79 Å². The molecule has 4 rings (SSSR count). The van der Waals surface area contributed by atoms with Gasteiger partial charge in [-0.25, -0.2) is 9.97 Å². The first-order chi connectivity index (χ1) is 13.6. The van der Waals surface area contributed by atoms with Gasteiger partial charge in [0, 0.05) is 25.8 Å². The Morgan fingerprint density at radius 1 is 1.18 bits per heavy atom. The van der Waals surface area contributed by atoms with Gasteiger partial charge in [0.25, 0.3) is 0 Å². The fourth-order valence-electron chi connectivity index (χ4n) is 3.40. The second kappa shape index (κ2) is 7.66. The van der Waals surface area contributed by atoms with E-state index < -0.39 is 0 Å². The molecule has 0 saturated carbocycles. The van der Waals surface area contributed by atoms with E-state index in [0.717, 1.165) is 24.5 Å². The molecule has 3 aromatic rings. The number of benzene rings is 1. The zero-order valence-electron chi connectivity index (χ0n) is 15.2. The number of aromatic nitrogens is 2. The molecule has 0 amide bonds. The summed E-state index contributed by atoms with van der Waals surface area (Å²) in [6.07, 6.45) is 1.55. The van der Waals surface area contributed by atoms with Crippen molar-refractivity contribution in [3.63, 3.8) is 0 Å². The number of ketones is 1. The summed E-state index contributed by atoms with van der Waals surface area (Å²) in [4.78, 5) is 23.5. The highest BCUT2D eigenvalue weighted by atomic mass is 16.3. The van der Waals surface area contributed by atoms with Crippen molar-refractivity contribution in [1.82, 2.24) is 15.3 Å². The lowest BCUT2D eigenvalue weighted by molar-refractivity contribution is 0.103. The summed E-state index contributed by atoms with van der Waals surface area (Å²) in [5.41, 5.74) is 7.54. The number of rotatable bonds is 4. The van der Waals surface area contributed by atoms with Crippen LogP contribution >= 0.6 is 0 Å². The van der Waals surface area contributed by atoms with Crippen molar-refractivity contribution in [2.45, 2.75) is 6.04 Å². The van der Waals surface area contributed by atoms with E-state index in [2.05, 4.69) is 20.2 Å². The number of nitrogens with zero attached hydrogens (tertiary/aromatic N) is 3. The molecule has 1 aliphatic rings. The summed E-state index contributed by atoms with van der Waals surface area (Å²) in [5, 5.41) is 13.2. The highest BCUT2D eigenvalue weighted by molar-refractivity contribution is 6.10. The number of phenols is 1. The fourth-order valence-corrected chi connectivity index (χ4v) is 3.40. The molecule has 0 spiro atoms. The Balaban J connectivity index is 1.57. The molecule has 7 nitrogen and oxygen atoms in total. The summed E-state index contributed by atoms with van der Waals surface area (Å²) in [6.45, 7) is 2.23. The normalized spacial score (nSPS) is 16.7. The third-order valence-corrected chi connectivity index (χ3v) is 4.82. The molecule has 3 heterocycles. The summed E-state index contributed by atoms with van der Waals surface area (Å²) in [6, 6.07) is 16.1. The zero-order valence-corrected chi connectivity index (χ0v) is 15.2. The maximum atomic E-state index is 12.8. The Kier molecular flexibility index (Phi) is 4.90. The van der Waals surface area contributed by atoms with E-state index in [-0.39, 0.29) is 23.4 Å². The molecule has 1 atom stereocenters. The minimum absolute atomic E-state index is 0.0657. The number of nitrogen functional groups attached to an aromatic ring is 1. The summed E-state index contributed by atoms with van der Waals surface area (Å²) in [7, 11) is 0. The Hall–Kier alpha value is -3.45. The molecule has 2 aromatic heterocycles. The Bertz CT molecular complexity index is 1010. The van der Waals surface area contributed by atoms with Crippen molar-refractivity contribution in [1.29, 1.82) is 0 Å². The number of piperazine rings is 1. The first-order valence-electron chi connectivity index (χ1n) is 9.11. The van der Waals surface area contributed by atoms with E-state index in [4.69, 9.17) is 5.73 Å². The summed E-state index contributed by atoms with van der Waals surface area (Å²) in [5.74, 6) is 0.939. The van der Waals surface area contributed by atoms with Gasteiger partial charge in [0.2, 0.25) is 5.78 Å². The number of nitrogens with two attached hydrogens (primary N) is 1. The Morgan fingerprint density at radius 2 is 2.04 bits per heavy atom. The molecule has 4 N–H and O–H groups in total. The van der Waals surface area contributed by atoms with Gasteiger partial charge >= 0.3 is 0 Å². The van der Waals surface area contributed by atoms with Crippen molar-refractivity contribution < 1.29 is 9.90 Å². The van der Waals surface area contributed by atoms with Crippen LogP contribution in [0.2, 0.25) is 0 Å².